The van der Waals surface area contributed by atoms with Crippen LogP contribution >= 0.6 is 0 Å². The van der Waals surface area contributed by atoms with Crippen LogP contribution in [0.1, 0.15) is 39.5 Å². The molecule has 0 bridgehead atoms. The summed E-state index contributed by atoms with van der Waals surface area (Å²) in [6, 6.07) is 0. The van der Waals surface area contributed by atoms with Gasteiger partial charge in [0, 0.05) is 6.54 Å². The van der Waals surface area contributed by atoms with Gasteiger partial charge in [0.1, 0.15) is 6.61 Å². The van der Waals surface area contributed by atoms with Crippen molar-refractivity contribution in [3.8, 4) is 11.8 Å². The molecule has 0 atom stereocenters. The van der Waals surface area contributed by atoms with Crippen LogP contribution in [0.25, 0.3) is 0 Å². The van der Waals surface area contributed by atoms with E-state index in [-0.39, 0.29) is 6.61 Å². The first kappa shape index (κ1) is 14.2. The molecule has 2 N–H and O–H groups in total. The van der Waals surface area contributed by atoms with Crippen LogP contribution in [0.2, 0.25) is 0 Å². The molecular weight excluding hydrogens is 186 g/mol. The van der Waals surface area contributed by atoms with Gasteiger partial charge in [-0.2, -0.15) is 0 Å². The lowest BCUT2D eigenvalue weighted by atomic mass is 10.1. The van der Waals surface area contributed by atoms with E-state index in [0.717, 1.165) is 6.54 Å². The van der Waals surface area contributed by atoms with E-state index in [1.54, 1.807) is 5.57 Å². The molecule has 0 heterocycles. The summed E-state index contributed by atoms with van der Waals surface area (Å²) in [4.78, 5) is 0. The fourth-order valence-corrected chi connectivity index (χ4v) is 1.44. The second-order valence-electron chi connectivity index (χ2n) is 3.50. The zero-order valence-corrected chi connectivity index (χ0v) is 9.97. The number of aliphatic hydroxyl groups is 1. The van der Waals surface area contributed by atoms with E-state index < -0.39 is 0 Å². The lowest BCUT2D eigenvalue weighted by Crippen LogP contribution is -2.14. The Morgan fingerprint density at radius 2 is 1.87 bits per heavy atom. The molecule has 86 valence electrons. The topological polar surface area (TPSA) is 32.3 Å². The summed E-state index contributed by atoms with van der Waals surface area (Å²) in [6.45, 7) is 5.92. The second-order valence-corrected chi connectivity index (χ2v) is 3.50. The van der Waals surface area contributed by atoms with E-state index in [1.807, 2.05) is 0 Å². The standard InChI is InChI=1S/C13H23NO/c1-3-7-13(8-4-2)9-11-14-10-5-6-12-15/h9,14-15H,3-4,7-8,10-12H2,1-2H3. The summed E-state index contributed by atoms with van der Waals surface area (Å²) in [5, 5.41) is 11.6. The van der Waals surface area contributed by atoms with Crippen LogP contribution in [0.5, 0.6) is 0 Å². The fraction of sp³-hybridized carbons (Fsp3) is 0.692. The molecular formula is C13H23NO. The SMILES string of the molecule is CCCC(=CCNCC#CCO)CCC. The van der Waals surface area contributed by atoms with E-state index in [1.165, 1.54) is 25.7 Å². The highest BCUT2D eigenvalue weighted by Crippen LogP contribution is 2.10. The Morgan fingerprint density at radius 3 is 2.40 bits per heavy atom. The Kier molecular flexibility index (Phi) is 10.7. The quantitative estimate of drug-likeness (QED) is 0.382. The van der Waals surface area contributed by atoms with Gasteiger partial charge in [0.05, 0.1) is 6.54 Å². The number of nitrogens with one attached hydrogen (secondary N) is 1. The van der Waals surface area contributed by atoms with Gasteiger partial charge in [-0.25, -0.2) is 0 Å². The lowest BCUT2D eigenvalue weighted by Gasteiger charge is -2.04. The summed E-state index contributed by atoms with van der Waals surface area (Å²) >= 11 is 0. The zero-order chi connectivity index (χ0) is 11.4. The summed E-state index contributed by atoms with van der Waals surface area (Å²) in [7, 11) is 0. The van der Waals surface area contributed by atoms with Gasteiger partial charge in [0.15, 0.2) is 0 Å². The third kappa shape index (κ3) is 9.52. The normalized spacial score (nSPS) is 9.27. The Morgan fingerprint density at radius 1 is 1.20 bits per heavy atom. The number of rotatable bonds is 7. The number of allylic oxidation sites excluding steroid dienone is 1. The summed E-state index contributed by atoms with van der Waals surface area (Å²) in [5.41, 5.74) is 1.54. The van der Waals surface area contributed by atoms with Crippen molar-refractivity contribution < 1.29 is 5.11 Å². The van der Waals surface area contributed by atoms with Gasteiger partial charge < -0.3 is 10.4 Å². The molecule has 0 spiro atoms. The Hall–Kier alpha value is -0.780. The van der Waals surface area contributed by atoms with Crippen molar-refractivity contribution in [2.75, 3.05) is 19.7 Å². The predicted octanol–water partition coefficient (Wildman–Crippen LogP) is 2.10. The third-order valence-electron chi connectivity index (χ3n) is 2.09. The average Bonchev–Trinajstić information content (AvgIpc) is 2.24. The molecule has 0 aliphatic carbocycles. The number of hydrogen-bond acceptors (Lipinski definition) is 2. The van der Waals surface area contributed by atoms with E-state index in [9.17, 15) is 0 Å². The van der Waals surface area contributed by atoms with E-state index in [4.69, 9.17) is 5.11 Å². The molecule has 0 unspecified atom stereocenters. The largest absolute Gasteiger partial charge is 0.384 e. The van der Waals surface area contributed by atoms with Crippen molar-refractivity contribution in [2.45, 2.75) is 39.5 Å². The van der Waals surface area contributed by atoms with Crippen LogP contribution in [0.3, 0.4) is 0 Å². The molecule has 2 heteroatoms. The third-order valence-corrected chi connectivity index (χ3v) is 2.09. The molecule has 0 aliphatic heterocycles. The van der Waals surface area contributed by atoms with Crippen molar-refractivity contribution in [2.24, 2.45) is 0 Å². The van der Waals surface area contributed by atoms with Crippen molar-refractivity contribution in [3.63, 3.8) is 0 Å². The van der Waals surface area contributed by atoms with Crippen LogP contribution in [-0.4, -0.2) is 24.8 Å². The van der Waals surface area contributed by atoms with Gasteiger partial charge in [-0.15, -0.1) is 0 Å². The molecule has 0 radical (unpaired) electrons. The molecule has 0 saturated carbocycles. The first-order valence-corrected chi connectivity index (χ1v) is 5.80. The Bertz CT molecular complexity index is 214. The van der Waals surface area contributed by atoms with Gasteiger partial charge >= 0.3 is 0 Å². The van der Waals surface area contributed by atoms with Crippen LogP contribution in [0.15, 0.2) is 11.6 Å². The molecule has 0 aliphatic rings. The maximum absolute atomic E-state index is 8.44. The van der Waals surface area contributed by atoms with Gasteiger partial charge in [0.25, 0.3) is 0 Å². The van der Waals surface area contributed by atoms with Gasteiger partial charge in [-0.1, -0.05) is 50.2 Å². The van der Waals surface area contributed by atoms with Crippen molar-refractivity contribution in [1.82, 2.24) is 5.32 Å². The monoisotopic (exact) mass is 209 g/mol. The van der Waals surface area contributed by atoms with Gasteiger partial charge in [-0.3, -0.25) is 0 Å². The number of aliphatic hydroxyl groups excluding tert-OH is 1. The lowest BCUT2D eigenvalue weighted by molar-refractivity contribution is 0.350. The zero-order valence-electron chi connectivity index (χ0n) is 9.97. The van der Waals surface area contributed by atoms with Crippen molar-refractivity contribution in [1.29, 1.82) is 0 Å². The minimum atomic E-state index is -0.0472. The van der Waals surface area contributed by atoms with Gasteiger partial charge in [-0.05, 0) is 12.8 Å². The highest BCUT2D eigenvalue weighted by Gasteiger charge is 1.93. The summed E-state index contributed by atoms with van der Waals surface area (Å²) in [5.74, 6) is 5.44. The summed E-state index contributed by atoms with van der Waals surface area (Å²) in [6.07, 6.45) is 7.12. The average molecular weight is 209 g/mol. The Balaban J connectivity index is 3.68. The van der Waals surface area contributed by atoms with E-state index >= 15 is 0 Å². The highest BCUT2D eigenvalue weighted by molar-refractivity contribution is 5.04. The smallest absolute Gasteiger partial charge is 0.104 e. The molecule has 15 heavy (non-hydrogen) atoms. The molecule has 0 aromatic carbocycles. The van der Waals surface area contributed by atoms with Crippen molar-refractivity contribution >= 4 is 0 Å². The second kappa shape index (κ2) is 11.3. The predicted molar refractivity (Wildman–Crippen MR) is 65.6 cm³/mol. The first-order chi connectivity index (χ1) is 7.35. The fourth-order valence-electron chi connectivity index (χ4n) is 1.44. The summed E-state index contributed by atoms with van der Waals surface area (Å²) < 4.78 is 0. The molecule has 0 saturated heterocycles. The van der Waals surface area contributed by atoms with Crippen molar-refractivity contribution in [3.05, 3.63) is 11.6 Å². The molecule has 2 nitrogen and oxygen atoms in total. The van der Waals surface area contributed by atoms with Crippen LogP contribution in [0.4, 0.5) is 0 Å². The maximum Gasteiger partial charge on any atom is 0.104 e. The highest BCUT2D eigenvalue weighted by atomic mass is 16.2. The first-order valence-electron chi connectivity index (χ1n) is 5.80. The molecule has 0 fully saturated rings. The van der Waals surface area contributed by atoms with E-state index in [0.29, 0.717) is 6.54 Å². The minimum absolute atomic E-state index is 0.0472. The van der Waals surface area contributed by atoms with Crippen LogP contribution < -0.4 is 5.32 Å². The minimum Gasteiger partial charge on any atom is -0.384 e. The molecule has 0 aromatic heterocycles. The molecule has 0 amide bonds. The van der Waals surface area contributed by atoms with Crippen LogP contribution in [0, 0.1) is 11.8 Å². The Labute approximate surface area is 93.8 Å². The van der Waals surface area contributed by atoms with Gasteiger partial charge in [0.2, 0.25) is 0 Å². The molecule has 0 rings (SSSR count). The van der Waals surface area contributed by atoms with Crippen LogP contribution in [-0.2, 0) is 0 Å². The maximum atomic E-state index is 8.44. The van der Waals surface area contributed by atoms with E-state index in [2.05, 4.69) is 37.1 Å². The number of hydrogen-bond donors (Lipinski definition) is 2. The molecule has 0 aromatic rings.